The number of aryl methyl sites for hydroxylation is 2. The number of nitrogens with zero attached hydrogens (tertiary/aromatic N) is 2. The van der Waals surface area contributed by atoms with Crippen LogP contribution in [0.25, 0.3) is 22.2 Å². The van der Waals surface area contributed by atoms with Gasteiger partial charge in [-0.1, -0.05) is 36.4 Å². The zero-order chi connectivity index (χ0) is 23.8. The number of hydrogen-bond acceptors (Lipinski definition) is 3. The number of hydrogen-bond donors (Lipinski definition) is 1. The minimum atomic E-state index is -4.35. The molecule has 9 heteroatoms. The number of imidazole rings is 1. The van der Waals surface area contributed by atoms with Crippen molar-refractivity contribution in [3.8, 4) is 11.1 Å². The summed E-state index contributed by atoms with van der Waals surface area (Å²) in [6.45, 7) is 0. The smallest absolute Gasteiger partial charge is 0.342 e. The van der Waals surface area contributed by atoms with Crippen LogP contribution in [0.1, 0.15) is 17.0 Å². The van der Waals surface area contributed by atoms with Gasteiger partial charge in [0.1, 0.15) is 5.82 Å². The Morgan fingerprint density at radius 3 is 2.30 bits per heavy atom. The largest absolute Gasteiger partial charge is 0.416 e. The topological polar surface area (TPSA) is 66.1 Å². The number of fused-ring (bicyclic) bond motifs is 1. The first-order chi connectivity index (χ1) is 15.6. The molecule has 1 heterocycles. The zero-order valence-electron chi connectivity index (χ0n) is 18.0. The highest BCUT2D eigenvalue weighted by molar-refractivity contribution is 7.89. The third-order valence-corrected chi connectivity index (χ3v) is 7.29. The fraction of sp³-hybridized carbons (Fsp3) is 0.208. The molecule has 0 atom stereocenters. The molecule has 0 fully saturated rings. The lowest BCUT2D eigenvalue weighted by Gasteiger charge is -2.15. The second-order valence-corrected chi connectivity index (χ2v) is 10.0. The van der Waals surface area contributed by atoms with Gasteiger partial charge in [-0.25, -0.2) is 17.7 Å². The second kappa shape index (κ2) is 8.64. The van der Waals surface area contributed by atoms with E-state index in [1.165, 1.54) is 30.5 Å². The van der Waals surface area contributed by atoms with Crippen LogP contribution in [0.5, 0.6) is 0 Å². The van der Waals surface area contributed by atoms with Crippen LogP contribution in [0.15, 0.2) is 71.6 Å². The molecule has 3 aromatic carbocycles. The minimum Gasteiger partial charge on any atom is -0.342 e. The summed E-state index contributed by atoms with van der Waals surface area (Å²) in [6.07, 6.45) is -3.28. The Morgan fingerprint density at radius 2 is 1.64 bits per heavy atom. The van der Waals surface area contributed by atoms with Crippen LogP contribution in [0, 0.1) is 0 Å². The summed E-state index contributed by atoms with van der Waals surface area (Å²) in [5, 5.41) is 0. The number of halogens is 3. The maximum Gasteiger partial charge on any atom is 0.416 e. The van der Waals surface area contributed by atoms with Gasteiger partial charge in [0.25, 0.3) is 0 Å². The van der Waals surface area contributed by atoms with Gasteiger partial charge in [0, 0.05) is 26.1 Å². The molecule has 0 spiro atoms. The number of alkyl halides is 3. The van der Waals surface area contributed by atoms with Gasteiger partial charge in [0.05, 0.1) is 21.5 Å². The van der Waals surface area contributed by atoms with E-state index in [1.807, 2.05) is 18.2 Å². The normalized spacial score (nSPS) is 12.5. The van der Waals surface area contributed by atoms with Gasteiger partial charge < -0.3 is 4.98 Å². The predicted octanol–water partition coefficient (Wildman–Crippen LogP) is 5.28. The Hall–Kier alpha value is -3.17. The van der Waals surface area contributed by atoms with Gasteiger partial charge in [-0.05, 0) is 47.9 Å². The summed E-state index contributed by atoms with van der Waals surface area (Å²) < 4.78 is 64.8. The third-order valence-electron chi connectivity index (χ3n) is 5.42. The van der Waals surface area contributed by atoms with Gasteiger partial charge in [0.2, 0.25) is 10.0 Å². The molecule has 0 aliphatic heterocycles. The van der Waals surface area contributed by atoms with Crippen LogP contribution >= 0.6 is 0 Å². The lowest BCUT2D eigenvalue weighted by molar-refractivity contribution is -0.137. The maximum atomic E-state index is 12.7. The molecule has 0 aliphatic rings. The molecule has 1 aromatic heterocycles. The van der Waals surface area contributed by atoms with Gasteiger partial charge in [0.15, 0.2) is 0 Å². The SMILES string of the molecule is CN(C)S(=O)(=O)c1ccccc1-c1ccc2[nH]c(CCc3ccc(C(F)(F)F)cc3)nc2c1. The molecule has 0 aliphatic carbocycles. The molecule has 33 heavy (non-hydrogen) atoms. The van der Waals surface area contributed by atoms with Crippen LogP contribution in [0.4, 0.5) is 13.2 Å². The van der Waals surface area contributed by atoms with E-state index in [4.69, 9.17) is 0 Å². The molecule has 0 unspecified atom stereocenters. The second-order valence-electron chi connectivity index (χ2n) is 7.89. The van der Waals surface area contributed by atoms with Gasteiger partial charge in [-0.2, -0.15) is 13.2 Å². The monoisotopic (exact) mass is 473 g/mol. The molecule has 4 rings (SSSR count). The van der Waals surface area contributed by atoms with Crippen molar-refractivity contribution in [2.45, 2.75) is 23.9 Å². The van der Waals surface area contributed by atoms with Gasteiger partial charge in [-0.15, -0.1) is 0 Å². The zero-order valence-corrected chi connectivity index (χ0v) is 18.8. The highest BCUT2D eigenvalue weighted by Crippen LogP contribution is 2.31. The van der Waals surface area contributed by atoms with Crippen LogP contribution in [-0.4, -0.2) is 36.8 Å². The summed E-state index contributed by atoms with van der Waals surface area (Å²) in [6, 6.07) is 17.4. The van der Waals surface area contributed by atoms with E-state index in [0.717, 1.165) is 28.8 Å². The van der Waals surface area contributed by atoms with E-state index in [-0.39, 0.29) is 4.90 Å². The molecule has 0 saturated heterocycles. The summed E-state index contributed by atoms with van der Waals surface area (Å²) >= 11 is 0. The molecule has 0 bridgehead atoms. The first-order valence-corrected chi connectivity index (χ1v) is 11.7. The number of H-pyrrole nitrogens is 1. The average Bonchev–Trinajstić information content (AvgIpc) is 3.19. The number of rotatable bonds is 6. The van der Waals surface area contributed by atoms with Crippen LogP contribution in [0.3, 0.4) is 0 Å². The van der Waals surface area contributed by atoms with E-state index in [0.29, 0.717) is 29.7 Å². The first-order valence-electron chi connectivity index (χ1n) is 10.2. The molecule has 172 valence electrons. The minimum absolute atomic E-state index is 0.215. The van der Waals surface area contributed by atoms with Gasteiger partial charge in [-0.3, -0.25) is 0 Å². The van der Waals surface area contributed by atoms with Crippen LogP contribution < -0.4 is 0 Å². The summed E-state index contributed by atoms with van der Waals surface area (Å²) in [5.41, 5.74) is 2.92. The van der Waals surface area contributed by atoms with Crippen molar-refractivity contribution in [1.82, 2.24) is 14.3 Å². The molecule has 5 nitrogen and oxygen atoms in total. The van der Waals surface area contributed by atoms with Crippen molar-refractivity contribution in [1.29, 1.82) is 0 Å². The van der Waals surface area contributed by atoms with E-state index in [1.54, 1.807) is 24.3 Å². The van der Waals surface area contributed by atoms with Crippen LogP contribution in [0.2, 0.25) is 0 Å². The Morgan fingerprint density at radius 1 is 0.939 bits per heavy atom. The number of nitrogens with one attached hydrogen (secondary N) is 1. The first kappa shape index (κ1) is 23.0. The van der Waals surface area contributed by atoms with Crippen molar-refractivity contribution >= 4 is 21.1 Å². The molecule has 0 amide bonds. The Kier molecular flexibility index (Phi) is 6.02. The summed E-state index contributed by atoms with van der Waals surface area (Å²) in [4.78, 5) is 8.04. The Bertz CT molecular complexity index is 1390. The molecular weight excluding hydrogens is 451 g/mol. The molecule has 0 saturated carbocycles. The van der Waals surface area contributed by atoms with Gasteiger partial charge >= 0.3 is 6.18 Å². The van der Waals surface area contributed by atoms with Crippen molar-refractivity contribution < 1.29 is 21.6 Å². The fourth-order valence-electron chi connectivity index (χ4n) is 3.59. The summed E-state index contributed by atoms with van der Waals surface area (Å²) in [5.74, 6) is 0.705. The van der Waals surface area contributed by atoms with Crippen molar-refractivity contribution in [2.75, 3.05) is 14.1 Å². The average molecular weight is 474 g/mol. The molecule has 4 aromatic rings. The highest BCUT2D eigenvalue weighted by atomic mass is 32.2. The van der Waals surface area contributed by atoms with Crippen molar-refractivity contribution in [2.24, 2.45) is 0 Å². The quantitative estimate of drug-likeness (QED) is 0.414. The lowest BCUT2D eigenvalue weighted by Crippen LogP contribution is -2.22. The predicted molar refractivity (Wildman–Crippen MR) is 121 cm³/mol. The van der Waals surface area contributed by atoms with E-state index >= 15 is 0 Å². The number of aromatic amines is 1. The van der Waals surface area contributed by atoms with Crippen LogP contribution in [-0.2, 0) is 29.0 Å². The Balaban J connectivity index is 1.58. The van der Waals surface area contributed by atoms with E-state index in [2.05, 4.69) is 9.97 Å². The summed E-state index contributed by atoms with van der Waals surface area (Å²) in [7, 11) is -0.637. The number of sulfonamides is 1. The van der Waals surface area contributed by atoms with E-state index in [9.17, 15) is 21.6 Å². The fourth-order valence-corrected chi connectivity index (χ4v) is 4.70. The van der Waals surface area contributed by atoms with E-state index < -0.39 is 21.8 Å². The van der Waals surface area contributed by atoms with Crippen molar-refractivity contribution in [3.05, 3.63) is 83.7 Å². The number of aromatic nitrogens is 2. The lowest BCUT2D eigenvalue weighted by atomic mass is 10.1. The highest BCUT2D eigenvalue weighted by Gasteiger charge is 2.29. The maximum absolute atomic E-state index is 12.7. The number of benzene rings is 3. The molecular formula is C24H22F3N3O2S. The Labute approximate surface area is 189 Å². The van der Waals surface area contributed by atoms with Crippen molar-refractivity contribution in [3.63, 3.8) is 0 Å². The standard InChI is InChI=1S/C24H22F3N3O2S/c1-30(2)33(31,32)22-6-4-3-5-19(22)17-10-13-20-21(15-17)29-23(28-20)14-9-16-7-11-18(12-8-16)24(25,26)27/h3-8,10-13,15H,9,14H2,1-2H3,(H,28,29). The molecule has 1 N–H and O–H groups in total. The third kappa shape index (κ3) is 4.79. The molecule has 0 radical (unpaired) electrons.